The van der Waals surface area contributed by atoms with E-state index in [0.717, 1.165) is 46.2 Å². The Morgan fingerprint density at radius 1 is 0.741 bits per heavy atom. The second kappa shape index (κ2) is 9.85. The van der Waals surface area contributed by atoms with Gasteiger partial charge in [0.05, 0.1) is 0 Å². The fourth-order valence-corrected chi connectivity index (χ4v) is 3.97. The van der Waals surface area contributed by atoms with Crippen molar-refractivity contribution in [3.05, 3.63) is 78.4 Å². The standard InChI is InChI=1S/C22H16NOP.2Ar/c1-25-19-13-11-15-7-3-5-9-17(15)21(19)20-16-8-4-2-6-14(16)10-12-18(20)22(23)24;;/h2-13H,1H2,(H2,23,24);;. The molecule has 0 atom stereocenters. The summed E-state index contributed by atoms with van der Waals surface area (Å²) < 4.78 is 0. The van der Waals surface area contributed by atoms with Gasteiger partial charge in [-0.3, -0.25) is 4.79 Å². The molecule has 0 aliphatic heterocycles. The van der Waals surface area contributed by atoms with E-state index in [9.17, 15) is 4.79 Å². The summed E-state index contributed by atoms with van der Waals surface area (Å²) in [5.74, 6) is -0.416. The van der Waals surface area contributed by atoms with E-state index < -0.39 is 5.91 Å². The van der Waals surface area contributed by atoms with Crippen molar-refractivity contribution >= 4 is 47.3 Å². The Hall–Kier alpha value is -0.441. The molecule has 0 bridgehead atoms. The van der Waals surface area contributed by atoms with E-state index in [1.54, 1.807) is 0 Å². The van der Waals surface area contributed by atoms with Crippen LogP contribution in [0.1, 0.15) is 10.4 Å². The number of amides is 1. The summed E-state index contributed by atoms with van der Waals surface area (Å²) in [5.41, 5.74) is 8.20. The molecule has 0 aliphatic rings. The molecule has 0 fully saturated rings. The molecule has 5 heteroatoms. The first kappa shape index (κ1) is 22.8. The van der Waals surface area contributed by atoms with Gasteiger partial charge in [0.2, 0.25) is 5.91 Å². The molecular formula is C22H16Ar2NOP. The Labute approximate surface area is 219 Å². The zero-order valence-corrected chi connectivity index (χ0v) is 16.6. The van der Waals surface area contributed by atoms with Gasteiger partial charge in [-0.1, -0.05) is 75.2 Å². The SMILES string of the molecule is C=Pc1ccc2ccccc2c1-c1c(C(N)=O)ccc2ccccc12.[Ar].[Ar]. The van der Waals surface area contributed by atoms with Gasteiger partial charge in [0.25, 0.3) is 0 Å². The number of hydrogen-bond donors (Lipinski definition) is 1. The topological polar surface area (TPSA) is 43.1 Å². The summed E-state index contributed by atoms with van der Waals surface area (Å²) in [6, 6.07) is 24.2. The van der Waals surface area contributed by atoms with Crippen molar-refractivity contribution in [3.63, 3.8) is 0 Å². The molecule has 4 rings (SSSR count). The molecule has 4 aromatic rings. The van der Waals surface area contributed by atoms with Crippen molar-refractivity contribution in [1.82, 2.24) is 0 Å². The summed E-state index contributed by atoms with van der Waals surface area (Å²) in [6.45, 7) is 0. The van der Waals surface area contributed by atoms with Crippen LogP contribution in [0, 0.1) is 75.5 Å². The molecule has 0 spiro atoms. The van der Waals surface area contributed by atoms with Crippen LogP contribution < -0.4 is 11.0 Å². The Balaban J connectivity index is 0.00000131. The number of fused-ring (bicyclic) bond motifs is 2. The molecule has 0 aliphatic carbocycles. The van der Waals surface area contributed by atoms with Crippen molar-refractivity contribution < 1.29 is 80.3 Å². The largest absolute Gasteiger partial charge is 0.366 e. The summed E-state index contributed by atoms with van der Waals surface area (Å²) in [4.78, 5) is 12.2. The van der Waals surface area contributed by atoms with Crippen LogP contribution in [-0.2, 0) is 0 Å². The maximum Gasteiger partial charge on any atom is 0.249 e. The fraction of sp³-hybridized carbons (Fsp3) is 0. The third-order valence-electron chi connectivity index (χ3n) is 4.52. The molecular weight excluding hydrogens is 405 g/mol. The molecule has 0 radical (unpaired) electrons. The second-order valence-electron chi connectivity index (χ2n) is 5.91. The molecule has 136 valence electrons. The quantitative estimate of drug-likeness (QED) is 0.477. The van der Waals surface area contributed by atoms with Crippen LogP contribution in [0.5, 0.6) is 0 Å². The van der Waals surface area contributed by atoms with Crippen molar-refractivity contribution in [1.29, 1.82) is 0 Å². The van der Waals surface area contributed by atoms with E-state index in [1.807, 2.05) is 42.5 Å². The van der Waals surface area contributed by atoms with E-state index in [4.69, 9.17) is 5.73 Å². The summed E-state index contributed by atoms with van der Waals surface area (Å²) >= 11 is 0. The summed E-state index contributed by atoms with van der Waals surface area (Å²) in [5, 5.41) is 5.43. The second-order valence-corrected chi connectivity index (χ2v) is 6.71. The van der Waals surface area contributed by atoms with Crippen molar-refractivity contribution in [2.45, 2.75) is 0 Å². The first-order valence-corrected chi connectivity index (χ1v) is 9.09. The van der Waals surface area contributed by atoms with E-state index in [1.165, 1.54) is 0 Å². The first-order chi connectivity index (χ1) is 12.2. The number of hydrogen-bond acceptors (Lipinski definition) is 1. The normalized spacial score (nSPS) is 10.4. The van der Waals surface area contributed by atoms with Crippen molar-refractivity contribution in [3.8, 4) is 11.1 Å². The van der Waals surface area contributed by atoms with Crippen LogP contribution in [0.15, 0.2) is 72.8 Å². The van der Waals surface area contributed by atoms with Gasteiger partial charge in [0, 0.05) is 97.5 Å². The van der Waals surface area contributed by atoms with Gasteiger partial charge in [-0.2, -0.15) is 0 Å². The molecule has 0 saturated heterocycles. The van der Waals surface area contributed by atoms with Crippen LogP contribution in [-0.4, -0.2) is 12.2 Å². The average Bonchev–Trinajstić information content (AvgIpc) is 2.66. The molecule has 0 saturated carbocycles. The maximum atomic E-state index is 12.2. The minimum atomic E-state index is -0.416. The average molecular weight is 421 g/mol. The predicted octanol–water partition coefficient (Wildman–Crippen LogP) is 4.76. The van der Waals surface area contributed by atoms with Gasteiger partial charge in [0.1, 0.15) is 0 Å². The Bertz CT molecular complexity index is 1160. The Morgan fingerprint density at radius 3 is 1.81 bits per heavy atom. The fourth-order valence-electron chi connectivity index (χ4n) is 3.40. The zero-order chi connectivity index (χ0) is 17.4. The molecule has 4 aromatic carbocycles. The van der Waals surface area contributed by atoms with E-state index >= 15 is 0 Å². The molecule has 2 nitrogen and oxygen atoms in total. The minimum Gasteiger partial charge on any atom is -0.366 e. The van der Waals surface area contributed by atoms with Crippen molar-refractivity contribution in [2.75, 3.05) is 0 Å². The predicted molar refractivity (Wildman–Crippen MR) is 109 cm³/mol. The Kier molecular flexibility index (Phi) is 8.34. The molecule has 0 unspecified atom stereocenters. The first-order valence-electron chi connectivity index (χ1n) is 8.01. The van der Waals surface area contributed by atoms with Gasteiger partial charge < -0.3 is 5.73 Å². The third-order valence-corrected chi connectivity index (χ3v) is 5.24. The minimum absolute atomic E-state index is 0. The molecule has 0 aromatic heterocycles. The van der Waals surface area contributed by atoms with Crippen molar-refractivity contribution in [2.24, 2.45) is 5.73 Å². The Morgan fingerprint density at radius 2 is 1.26 bits per heavy atom. The van der Waals surface area contributed by atoms with Crippen LogP contribution >= 0.6 is 8.20 Å². The van der Waals surface area contributed by atoms with Gasteiger partial charge in [-0.25, -0.2) is 0 Å². The van der Waals surface area contributed by atoms with Crippen LogP contribution in [0.3, 0.4) is 0 Å². The van der Waals surface area contributed by atoms with E-state index in [-0.39, 0.29) is 75.5 Å². The summed E-state index contributed by atoms with van der Waals surface area (Å²) in [6.07, 6.45) is 4.06. The number of nitrogens with two attached hydrogens (primary N) is 1. The van der Waals surface area contributed by atoms with Gasteiger partial charge in [0.15, 0.2) is 0 Å². The maximum absolute atomic E-state index is 12.2. The molecule has 0 heterocycles. The van der Waals surface area contributed by atoms with E-state index in [0.29, 0.717) is 5.56 Å². The third kappa shape index (κ3) is 4.28. The number of primary amides is 1. The van der Waals surface area contributed by atoms with Crippen LogP contribution in [0.25, 0.3) is 32.7 Å². The number of rotatable bonds is 3. The van der Waals surface area contributed by atoms with E-state index in [2.05, 4.69) is 36.6 Å². The van der Waals surface area contributed by atoms with Gasteiger partial charge in [-0.15, -0.1) is 0 Å². The smallest absolute Gasteiger partial charge is 0.249 e. The molecule has 27 heavy (non-hydrogen) atoms. The van der Waals surface area contributed by atoms with Crippen LogP contribution in [0.2, 0.25) is 0 Å². The summed E-state index contributed by atoms with van der Waals surface area (Å²) in [7, 11) is 0.904. The number of carbonyl (C=O) groups is 1. The molecule has 2 N–H and O–H groups in total. The molecule has 1 amide bonds. The van der Waals surface area contributed by atoms with Gasteiger partial charge >= 0.3 is 0 Å². The van der Waals surface area contributed by atoms with Gasteiger partial charge in [-0.05, 0) is 33.7 Å². The number of benzene rings is 4. The monoisotopic (exact) mass is 421 g/mol. The zero-order valence-electron chi connectivity index (χ0n) is 14.3. The van der Waals surface area contributed by atoms with Crippen LogP contribution in [0.4, 0.5) is 0 Å². The number of carbonyl (C=O) groups excluding carboxylic acids is 1.